The molecule has 8 heteroatoms. The van der Waals surface area contributed by atoms with Gasteiger partial charge in [-0.05, 0) is 31.2 Å². The van der Waals surface area contributed by atoms with Crippen molar-refractivity contribution >= 4 is 28.1 Å². The van der Waals surface area contributed by atoms with E-state index in [4.69, 9.17) is 10.7 Å². The molecule has 0 radical (unpaired) electrons. The number of benzene rings is 2. The maximum Gasteiger partial charge on any atom is 0.222 e. The van der Waals surface area contributed by atoms with Crippen LogP contribution in [0.5, 0.6) is 0 Å². The highest BCUT2D eigenvalue weighted by Crippen LogP contribution is 2.32. The Labute approximate surface area is 159 Å². The van der Waals surface area contributed by atoms with E-state index in [0.717, 1.165) is 11.5 Å². The molecule has 28 heavy (non-hydrogen) atoms. The highest BCUT2D eigenvalue weighted by molar-refractivity contribution is 5.80. The summed E-state index contributed by atoms with van der Waals surface area (Å²) in [5, 5.41) is 0. The Kier molecular flexibility index (Phi) is 3.58. The summed E-state index contributed by atoms with van der Waals surface area (Å²) in [5.74, 6) is 0.311. The van der Waals surface area contributed by atoms with Crippen molar-refractivity contribution in [2.45, 2.75) is 12.8 Å². The van der Waals surface area contributed by atoms with Crippen LogP contribution in [0, 0.1) is 5.82 Å². The summed E-state index contributed by atoms with van der Waals surface area (Å²) in [4.78, 5) is 20.7. The molecule has 2 aromatic carbocycles. The molecule has 0 spiro atoms. The van der Waals surface area contributed by atoms with E-state index < -0.39 is 0 Å². The summed E-state index contributed by atoms with van der Waals surface area (Å²) in [6, 6.07) is 14.3. The molecule has 0 saturated carbocycles. The number of halogens is 1. The lowest BCUT2D eigenvalue weighted by Gasteiger charge is -2.15. The van der Waals surface area contributed by atoms with Gasteiger partial charge in [0.2, 0.25) is 5.95 Å². The number of imidazole rings is 2. The molecule has 0 fully saturated rings. The van der Waals surface area contributed by atoms with E-state index in [1.165, 1.54) is 12.1 Å². The summed E-state index contributed by atoms with van der Waals surface area (Å²) >= 11 is 0. The maximum atomic E-state index is 14.0. The Hall–Kier alpha value is -3.81. The van der Waals surface area contributed by atoms with Gasteiger partial charge < -0.3 is 10.7 Å². The van der Waals surface area contributed by atoms with Gasteiger partial charge in [0.25, 0.3) is 0 Å². The van der Waals surface area contributed by atoms with Crippen LogP contribution in [0.15, 0.2) is 54.9 Å². The summed E-state index contributed by atoms with van der Waals surface area (Å²) in [7, 11) is 0. The van der Waals surface area contributed by atoms with Crippen LogP contribution < -0.4 is 5.73 Å². The summed E-state index contributed by atoms with van der Waals surface area (Å²) < 4.78 is 15.9. The number of nitrogen functional groups attached to an aromatic ring is 1. The Morgan fingerprint density at radius 3 is 2.71 bits per heavy atom. The minimum atomic E-state index is -0.314. The quantitative estimate of drug-likeness (QED) is 0.504. The third kappa shape index (κ3) is 2.50. The Morgan fingerprint density at radius 2 is 1.89 bits per heavy atom. The number of aromatic nitrogens is 6. The number of rotatable bonds is 3. The molecule has 0 amide bonds. The molecule has 0 aliphatic heterocycles. The molecule has 0 aliphatic carbocycles. The van der Waals surface area contributed by atoms with Crippen LogP contribution in [-0.2, 0) is 0 Å². The predicted octanol–water partition coefficient (Wildman–Crippen LogP) is 3.56. The predicted molar refractivity (Wildman–Crippen MR) is 105 cm³/mol. The van der Waals surface area contributed by atoms with Gasteiger partial charge in [0.15, 0.2) is 5.65 Å². The first kappa shape index (κ1) is 16.4. The van der Waals surface area contributed by atoms with Crippen molar-refractivity contribution in [3.63, 3.8) is 0 Å². The van der Waals surface area contributed by atoms with Gasteiger partial charge in [-0.15, -0.1) is 0 Å². The zero-order chi connectivity index (χ0) is 19.3. The third-order valence-electron chi connectivity index (χ3n) is 4.79. The lowest BCUT2D eigenvalue weighted by molar-refractivity contribution is 0.629. The fourth-order valence-electron chi connectivity index (χ4n) is 3.51. The number of nitrogens with zero attached hydrogens (tertiary/aromatic N) is 5. The van der Waals surface area contributed by atoms with Crippen LogP contribution in [0.2, 0.25) is 0 Å². The van der Waals surface area contributed by atoms with Crippen LogP contribution in [-0.4, -0.2) is 29.5 Å². The van der Waals surface area contributed by atoms with Gasteiger partial charge in [-0.1, -0.05) is 18.2 Å². The molecule has 0 saturated heterocycles. The van der Waals surface area contributed by atoms with Crippen molar-refractivity contribution in [3.8, 4) is 5.69 Å². The SMILES string of the molecule is CC(c1nc(N)nc2nc[nH]c12)c1nc2ccc(F)cc2n1-c1ccccc1. The van der Waals surface area contributed by atoms with Gasteiger partial charge in [-0.25, -0.2) is 19.3 Å². The molecule has 1 unspecified atom stereocenters. The second-order valence-electron chi connectivity index (χ2n) is 6.56. The first-order valence-electron chi connectivity index (χ1n) is 8.81. The third-order valence-corrected chi connectivity index (χ3v) is 4.79. The Morgan fingerprint density at radius 1 is 1.07 bits per heavy atom. The van der Waals surface area contributed by atoms with Crippen molar-refractivity contribution in [2.24, 2.45) is 0 Å². The van der Waals surface area contributed by atoms with Crippen molar-refractivity contribution < 1.29 is 4.39 Å². The van der Waals surface area contributed by atoms with E-state index in [1.54, 1.807) is 12.4 Å². The zero-order valence-electron chi connectivity index (χ0n) is 15.0. The number of hydrogen-bond donors (Lipinski definition) is 2. The minimum Gasteiger partial charge on any atom is -0.368 e. The van der Waals surface area contributed by atoms with E-state index >= 15 is 0 Å². The van der Waals surface area contributed by atoms with Crippen LogP contribution >= 0.6 is 0 Å². The van der Waals surface area contributed by atoms with E-state index in [2.05, 4.69) is 19.9 Å². The molecule has 0 aliphatic rings. The van der Waals surface area contributed by atoms with E-state index in [9.17, 15) is 4.39 Å². The van der Waals surface area contributed by atoms with Gasteiger partial charge in [-0.2, -0.15) is 4.98 Å². The second-order valence-corrected chi connectivity index (χ2v) is 6.56. The smallest absolute Gasteiger partial charge is 0.222 e. The maximum absolute atomic E-state index is 14.0. The highest BCUT2D eigenvalue weighted by Gasteiger charge is 2.24. The number of para-hydroxylation sites is 1. The Bertz CT molecular complexity index is 1310. The molecule has 138 valence electrons. The van der Waals surface area contributed by atoms with Crippen molar-refractivity contribution in [1.29, 1.82) is 0 Å². The summed E-state index contributed by atoms with van der Waals surface area (Å²) in [6.07, 6.45) is 1.56. The van der Waals surface area contributed by atoms with E-state index in [0.29, 0.717) is 27.9 Å². The number of H-pyrrole nitrogens is 1. The van der Waals surface area contributed by atoms with Crippen LogP contribution in [0.3, 0.4) is 0 Å². The van der Waals surface area contributed by atoms with Crippen LogP contribution in [0.25, 0.3) is 27.9 Å². The van der Waals surface area contributed by atoms with Crippen LogP contribution in [0.4, 0.5) is 10.3 Å². The lowest BCUT2D eigenvalue weighted by Crippen LogP contribution is -2.10. The average molecular weight is 373 g/mol. The molecule has 3 aromatic heterocycles. The van der Waals surface area contributed by atoms with Crippen molar-refractivity contribution in [3.05, 3.63) is 72.2 Å². The van der Waals surface area contributed by atoms with Gasteiger partial charge >= 0.3 is 0 Å². The number of anilines is 1. The number of nitrogens with one attached hydrogen (secondary N) is 1. The molecular formula is C20H16FN7. The molecule has 0 bridgehead atoms. The van der Waals surface area contributed by atoms with E-state index in [1.807, 2.05) is 41.8 Å². The molecule has 3 N–H and O–H groups in total. The number of aromatic amines is 1. The standard InChI is InChI=1S/C20H16FN7/c1-11(16-17-18(24-10-23-17)27-20(22)26-16)19-25-14-8-7-12(21)9-15(14)28(19)13-5-3-2-4-6-13/h2-11H,1H3,(H3,22,23,24,26,27). The van der Waals surface area contributed by atoms with Crippen molar-refractivity contribution in [2.75, 3.05) is 5.73 Å². The summed E-state index contributed by atoms with van der Waals surface area (Å²) in [6.45, 7) is 1.99. The molecule has 5 rings (SSSR count). The largest absolute Gasteiger partial charge is 0.368 e. The monoisotopic (exact) mass is 373 g/mol. The molecular weight excluding hydrogens is 357 g/mol. The number of nitrogens with two attached hydrogens (primary N) is 1. The van der Waals surface area contributed by atoms with Gasteiger partial charge in [-0.3, -0.25) is 4.57 Å². The van der Waals surface area contributed by atoms with E-state index in [-0.39, 0.29) is 17.7 Å². The number of hydrogen-bond acceptors (Lipinski definition) is 5. The van der Waals surface area contributed by atoms with Gasteiger partial charge in [0.1, 0.15) is 17.2 Å². The fraction of sp³-hybridized carbons (Fsp3) is 0.100. The van der Waals surface area contributed by atoms with Crippen LogP contribution in [0.1, 0.15) is 24.4 Å². The lowest BCUT2D eigenvalue weighted by atomic mass is 10.1. The highest BCUT2D eigenvalue weighted by atomic mass is 19.1. The first-order chi connectivity index (χ1) is 13.6. The van der Waals surface area contributed by atoms with Gasteiger partial charge in [0.05, 0.1) is 29.0 Å². The normalized spacial score (nSPS) is 12.6. The molecule has 3 heterocycles. The molecule has 5 aromatic rings. The second kappa shape index (κ2) is 6.12. The molecule has 7 nitrogen and oxygen atoms in total. The summed E-state index contributed by atoms with van der Waals surface area (Å²) in [5.41, 5.74) is 10.1. The first-order valence-corrected chi connectivity index (χ1v) is 8.81. The topological polar surface area (TPSA) is 98.3 Å². The van der Waals surface area contributed by atoms with Crippen molar-refractivity contribution in [1.82, 2.24) is 29.5 Å². The average Bonchev–Trinajstić information content (AvgIpc) is 3.31. The Balaban J connectivity index is 1.80. The minimum absolute atomic E-state index is 0.148. The zero-order valence-corrected chi connectivity index (χ0v) is 15.0. The number of fused-ring (bicyclic) bond motifs is 2. The molecule has 1 atom stereocenters. The fourth-order valence-corrected chi connectivity index (χ4v) is 3.51. The van der Waals surface area contributed by atoms with Gasteiger partial charge in [0, 0.05) is 11.8 Å².